The van der Waals surface area contributed by atoms with E-state index in [-0.39, 0.29) is 26.9 Å². The normalized spacial score (nSPS) is 10.0. The van der Waals surface area contributed by atoms with Gasteiger partial charge in [-0.15, -0.1) is 0 Å². The summed E-state index contributed by atoms with van der Waals surface area (Å²) in [6, 6.07) is 14.6. The monoisotopic (exact) mass is 398 g/mol. The molecule has 0 saturated heterocycles. The molecule has 2 aromatic rings. The van der Waals surface area contributed by atoms with E-state index in [4.69, 9.17) is 32.1 Å². The SMILES string of the molecule is COc1cc(NC(C#N)=C(C#N)C#N)cc(S(=O)(=O)c2ccc(Cl)cc2)c1. The third kappa shape index (κ3) is 4.37. The van der Waals surface area contributed by atoms with E-state index in [2.05, 4.69) is 5.32 Å². The van der Waals surface area contributed by atoms with Crippen molar-refractivity contribution in [2.75, 3.05) is 12.4 Å². The van der Waals surface area contributed by atoms with Gasteiger partial charge in [0.2, 0.25) is 9.84 Å². The van der Waals surface area contributed by atoms with Gasteiger partial charge in [-0.05, 0) is 36.4 Å². The fourth-order valence-electron chi connectivity index (χ4n) is 2.09. The summed E-state index contributed by atoms with van der Waals surface area (Å²) in [6.07, 6.45) is 0. The molecule has 0 unspecified atom stereocenters. The lowest BCUT2D eigenvalue weighted by atomic mass is 10.2. The summed E-state index contributed by atoms with van der Waals surface area (Å²) in [5, 5.41) is 29.9. The number of sulfone groups is 1. The maximum atomic E-state index is 12.9. The highest BCUT2D eigenvalue weighted by atomic mass is 35.5. The summed E-state index contributed by atoms with van der Waals surface area (Å²) < 4.78 is 30.8. The smallest absolute Gasteiger partial charge is 0.206 e. The molecule has 0 radical (unpaired) electrons. The molecule has 0 aliphatic rings. The van der Waals surface area contributed by atoms with E-state index in [1.807, 2.05) is 0 Å². The molecule has 27 heavy (non-hydrogen) atoms. The molecule has 0 saturated carbocycles. The van der Waals surface area contributed by atoms with Gasteiger partial charge in [0.05, 0.1) is 16.9 Å². The van der Waals surface area contributed by atoms with Gasteiger partial charge in [-0.1, -0.05) is 11.6 Å². The summed E-state index contributed by atoms with van der Waals surface area (Å²) in [7, 11) is -2.54. The minimum atomic E-state index is -3.89. The average molecular weight is 399 g/mol. The number of allylic oxidation sites excluding steroid dienone is 2. The highest BCUT2D eigenvalue weighted by Gasteiger charge is 2.20. The molecule has 9 heteroatoms. The van der Waals surface area contributed by atoms with Crippen molar-refractivity contribution in [3.63, 3.8) is 0 Å². The lowest BCUT2D eigenvalue weighted by molar-refractivity contribution is 0.413. The van der Waals surface area contributed by atoms with Crippen molar-refractivity contribution in [3.05, 3.63) is 58.8 Å². The van der Waals surface area contributed by atoms with Crippen molar-refractivity contribution in [3.8, 4) is 24.0 Å². The minimum absolute atomic E-state index is 0.0249. The van der Waals surface area contributed by atoms with Crippen molar-refractivity contribution in [1.82, 2.24) is 0 Å². The van der Waals surface area contributed by atoms with Crippen LogP contribution in [0.25, 0.3) is 0 Å². The fourth-order valence-corrected chi connectivity index (χ4v) is 3.54. The molecule has 134 valence electrons. The van der Waals surface area contributed by atoms with Crippen LogP contribution in [0.5, 0.6) is 5.75 Å². The lowest BCUT2D eigenvalue weighted by Crippen LogP contribution is -2.05. The van der Waals surface area contributed by atoms with E-state index in [0.29, 0.717) is 5.02 Å². The van der Waals surface area contributed by atoms with Crippen LogP contribution in [0.4, 0.5) is 5.69 Å². The van der Waals surface area contributed by atoms with Crippen molar-refractivity contribution in [2.45, 2.75) is 9.79 Å². The summed E-state index contributed by atoms with van der Waals surface area (Å²) >= 11 is 5.80. The first-order valence-corrected chi connectivity index (χ1v) is 9.13. The zero-order chi connectivity index (χ0) is 20.0. The van der Waals surface area contributed by atoms with Gasteiger partial charge < -0.3 is 10.1 Å². The van der Waals surface area contributed by atoms with Gasteiger partial charge >= 0.3 is 0 Å². The average Bonchev–Trinajstić information content (AvgIpc) is 2.68. The van der Waals surface area contributed by atoms with Crippen LogP contribution in [0.3, 0.4) is 0 Å². The van der Waals surface area contributed by atoms with Gasteiger partial charge in [0, 0.05) is 16.8 Å². The highest BCUT2D eigenvalue weighted by molar-refractivity contribution is 7.91. The minimum Gasteiger partial charge on any atom is -0.497 e. The Morgan fingerprint density at radius 2 is 1.63 bits per heavy atom. The standard InChI is InChI=1S/C18H11ClN4O3S/c1-26-15-6-14(23-18(11-22)12(9-20)10-21)7-17(8-15)27(24,25)16-4-2-13(19)3-5-16/h2-8,23H,1H3. The number of hydrogen-bond donors (Lipinski definition) is 1. The lowest BCUT2D eigenvalue weighted by Gasteiger charge is -2.11. The third-order valence-electron chi connectivity index (χ3n) is 3.40. The zero-order valence-corrected chi connectivity index (χ0v) is 15.5. The molecular weight excluding hydrogens is 388 g/mol. The van der Waals surface area contributed by atoms with Crippen LogP contribution in [0.1, 0.15) is 0 Å². The molecule has 2 aromatic carbocycles. The Morgan fingerprint density at radius 1 is 1.00 bits per heavy atom. The van der Waals surface area contributed by atoms with E-state index in [9.17, 15) is 8.42 Å². The molecule has 0 aliphatic carbocycles. The quantitative estimate of drug-likeness (QED) is 0.764. The largest absolute Gasteiger partial charge is 0.497 e. The Balaban J connectivity index is 2.58. The Morgan fingerprint density at radius 3 is 2.15 bits per heavy atom. The molecule has 2 rings (SSSR count). The Kier molecular flexibility index (Phi) is 6.05. The molecule has 0 atom stereocenters. The van der Waals surface area contributed by atoms with Gasteiger partial charge in [-0.2, -0.15) is 15.8 Å². The third-order valence-corrected chi connectivity index (χ3v) is 5.41. The molecule has 0 spiro atoms. The maximum Gasteiger partial charge on any atom is 0.206 e. The summed E-state index contributed by atoms with van der Waals surface area (Å²) in [4.78, 5) is -0.0729. The zero-order valence-electron chi connectivity index (χ0n) is 13.9. The first-order chi connectivity index (χ1) is 12.8. The second-order valence-corrected chi connectivity index (χ2v) is 7.45. The molecule has 1 N–H and O–H groups in total. The molecule has 7 nitrogen and oxygen atoms in total. The van der Waals surface area contributed by atoms with E-state index in [0.717, 1.165) is 0 Å². The van der Waals surface area contributed by atoms with Gasteiger partial charge in [-0.3, -0.25) is 0 Å². The second-order valence-electron chi connectivity index (χ2n) is 5.06. The summed E-state index contributed by atoms with van der Waals surface area (Å²) in [5.74, 6) is 0.209. The number of rotatable bonds is 5. The number of halogens is 1. The predicted octanol–water partition coefficient (Wildman–Crippen LogP) is 3.42. The van der Waals surface area contributed by atoms with E-state index in [1.165, 1.54) is 49.6 Å². The van der Waals surface area contributed by atoms with Gasteiger partial charge in [0.25, 0.3) is 0 Å². The number of hydrogen-bond acceptors (Lipinski definition) is 7. The summed E-state index contributed by atoms with van der Waals surface area (Å²) in [5.41, 5.74) is -0.563. The van der Waals surface area contributed by atoms with Crippen LogP contribution >= 0.6 is 11.6 Å². The van der Waals surface area contributed by atoms with Crippen LogP contribution < -0.4 is 10.1 Å². The number of benzene rings is 2. The number of nitriles is 3. The first kappa shape index (κ1) is 19.8. The van der Waals surface area contributed by atoms with Crippen molar-refractivity contribution >= 4 is 27.1 Å². The van der Waals surface area contributed by atoms with Crippen LogP contribution in [0.2, 0.25) is 5.02 Å². The molecule has 0 heterocycles. The maximum absolute atomic E-state index is 12.9. The highest BCUT2D eigenvalue weighted by Crippen LogP contribution is 2.29. The molecular formula is C18H11ClN4O3S. The molecule has 0 aliphatic heterocycles. The number of nitrogens with zero attached hydrogens (tertiary/aromatic N) is 3. The number of nitrogens with one attached hydrogen (secondary N) is 1. The predicted molar refractivity (Wildman–Crippen MR) is 97.4 cm³/mol. The van der Waals surface area contributed by atoms with E-state index in [1.54, 1.807) is 18.2 Å². The van der Waals surface area contributed by atoms with Crippen molar-refractivity contribution < 1.29 is 13.2 Å². The van der Waals surface area contributed by atoms with Gasteiger partial charge in [0.15, 0.2) is 5.57 Å². The topological polar surface area (TPSA) is 127 Å². The van der Waals surface area contributed by atoms with Crippen molar-refractivity contribution in [2.24, 2.45) is 0 Å². The number of ether oxygens (including phenoxy) is 1. The Bertz CT molecular complexity index is 1120. The first-order valence-electron chi connectivity index (χ1n) is 7.27. The fraction of sp³-hybridized carbons (Fsp3) is 0.0556. The van der Waals surface area contributed by atoms with Crippen LogP contribution in [0.15, 0.2) is 63.5 Å². The van der Waals surface area contributed by atoms with E-state index >= 15 is 0 Å². The number of anilines is 1. The number of methoxy groups -OCH3 is 1. The van der Waals surface area contributed by atoms with Gasteiger partial charge in [0.1, 0.15) is 29.7 Å². The van der Waals surface area contributed by atoms with Crippen LogP contribution in [0, 0.1) is 34.0 Å². The van der Waals surface area contributed by atoms with Crippen molar-refractivity contribution in [1.29, 1.82) is 15.8 Å². The Labute approximate surface area is 161 Å². The van der Waals surface area contributed by atoms with Crippen LogP contribution in [-0.4, -0.2) is 15.5 Å². The molecule has 0 amide bonds. The molecule has 0 bridgehead atoms. The van der Waals surface area contributed by atoms with Gasteiger partial charge in [-0.25, -0.2) is 8.42 Å². The Hall–Kier alpha value is -3.51. The second kappa shape index (κ2) is 8.25. The van der Waals surface area contributed by atoms with Crippen LogP contribution in [-0.2, 0) is 9.84 Å². The molecule has 0 fully saturated rings. The van der Waals surface area contributed by atoms with E-state index < -0.39 is 15.4 Å². The molecule has 0 aromatic heterocycles. The summed E-state index contributed by atoms with van der Waals surface area (Å²) in [6.45, 7) is 0.